The average molecular weight is 611 g/mol. The highest BCUT2D eigenvalue weighted by Crippen LogP contribution is 2.29. The molecule has 1 N–H and O–H groups in total. The number of nitrogens with zero attached hydrogens (tertiary/aromatic N) is 2. The maximum Gasteiger partial charge on any atom is 0.264 e. The molecule has 208 valence electrons. The Labute approximate surface area is 244 Å². The first kappa shape index (κ1) is 30.8. The maximum absolute atomic E-state index is 13.9. The minimum atomic E-state index is -4.19. The van der Waals surface area contributed by atoms with Crippen LogP contribution in [-0.2, 0) is 26.2 Å². The predicted molar refractivity (Wildman–Crippen MR) is 157 cm³/mol. The molecule has 0 spiro atoms. The van der Waals surface area contributed by atoms with Crippen molar-refractivity contribution in [2.75, 3.05) is 17.4 Å². The van der Waals surface area contributed by atoms with E-state index in [0.29, 0.717) is 27.2 Å². The molecule has 0 bridgehead atoms. The number of hydrogen-bond donors (Lipinski definition) is 1. The molecule has 0 radical (unpaired) electrons. The van der Waals surface area contributed by atoms with E-state index in [1.165, 1.54) is 23.1 Å². The Morgan fingerprint density at radius 2 is 1.59 bits per heavy atom. The van der Waals surface area contributed by atoms with E-state index in [9.17, 15) is 18.0 Å². The number of aryl methyl sites for hydroxylation is 2. The molecule has 11 heteroatoms. The second-order valence-electron chi connectivity index (χ2n) is 9.09. The van der Waals surface area contributed by atoms with Crippen LogP contribution in [0.5, 0.6) is 0 Å². The fourth-order valence-electron chi connectivity index (χ4n) is 3.84. The molecule has 0 aliphatic rings. The highest BCUT2D eigenvalue weighted by molar-refractivity contribution is 7.92. The van der Waals surface area contributed by atoms with Crippen LogP contribution in [0.1, 0.15) is 30.5 Å². The molecule has 0 saturated heterocycles. The van der Waals surface area contributed by atoms with Crippen molar-refractivity contribution in [2.45, 2.75) is 45.2 Å². The van der Waals surface area contributed by atoms with Gasteiger partial charge >= 0.3 is 0 Å². The third-order valence-electron chi connectivity index (χ3n) is 6.21. The van der Waals surface area contributed by atoms with Crippen LogP contribution in [0.2, 0.25) is 15.1 Å². The number of benzene rings is 3. The summed E-state index contributed by atoms with van der Waals surface area (Å²) in [6, 6.07) is 15.0. The number of rotatable bonds is 10. The third-order valence-corrected chi connectivity index (χ3v) is 8.99. The molecule has 1 atom stereocenters. The van der Waals surface area contributed by atoms with E-state index in [2.05, 4.69) is 5.32 Å². The van der Waals surface area contributed by atoms with E-state index in [4.69, 9.17) is 34.8 Å². The van der Waals surface area contributed by atoms with Gasteiger partial charge in [0.1, 0.15) is 12.6 Å². The zero-order chi connectivity index (χ0) is 28.9. The molecule has 39 heavy (non-hydrogen) atoms. The van der Waals surface area contributed by atoms with Gasteiger partial charge in [-0.15, -0.1) is 0 Å². The fourth-order valence-corrected chi connectivity index (χ4v) is 5.89. The zero-order valence-electron chi connectivity index (χ0n) is 22.0. The Hall–Kier alpha value is -2.78. The first-order valence-electron chi connectivity index (χ1n) is 12.2. The van der Waals surface area contributed by atoms with E-state index < -0.39 is 28.5 Å². The van der Waals surface area contributed by atoms with Crippen molar-refractivity contribution in [1.29, 1.82) is 0 Å². The normalized spacial score (nSPS) is 12.1. The monoisotopic (exact) mass is 609 g/mol. The summed E-state index contributed by atoms with van der Waals surface area (Å²) in [5.41, 5.74) is 2.41. The van der Waals surface area contributed by atoms with Crippen molar-refractivity contribution >= 4 is 62.3 Å². The van der Waals surface area contributed by atoms with E-state index in [-0.39, 0.29) is 23.0 Å². The number of nitrogens with one attached hydrogen (secondary N) is 1. The lowest BCUT2D eigenvalue weighted by atomic mass is 10.1. The summed E-state index contributed by atoms with van der Waals surface area (Å²) in [5, 5.41) is 3.80. The second-order valence-corrected chi connectivity index (χ2v) is 12.2. The van der Waals surface area contributed by atoms with Crippen molar-refractivity contribution in [3.63, 3.8) is 0 Å². The Kier molecular flexibility index (Phi) is 10.3. The summed E-state index contributed by atoms with van der Waals surface area (Å²) in [6.07, 6.45) is 0. The molecule has 0 saturated carbocycles. The third kappa shape index (κ3) is 7.45. The molecule has 7 nitrogen and oxygen atoms in total. The summed E-state index contributed by atoms with van der Waals surface area (Å²) in [5.74, 6) is -0.991. The maximum atomic E-state index is 13.9. The lowest BCUT2D eigenvalue weighted by molar-refractivity contribution is -0.139. The molecular formula is C28H30Cl3N3O4S. The molecule has 0 fully saturated rings. The largest absolute Gasteiger partial charge is 0.355 e. The van der Waals surface area contributed by atoms with Crippen LogP contribution in [0.15, 0.2) is 65.6 Å². The standard InChI is InChI=1S/C28H30Cl3N3O4S/c1-5-32-28(36)20(4)33(16-21-9-10-22(29)14-26(21)31)27(35)17-34(23-11-8-19(3)25(30)15-23)39(37,38)24-12-6-18(2)7-13-24/h6-15,20H,5,16-17H2,1-4H3,(H,32,36)/t20-/m0/s1. The van der Waals surface area contributed by atoms with Gasteiger partial charge in [-0.05, 0) is 75.2 Å². The van der Waals surface area contributed by atoms with E-state index in [1.807, 2.05) is 6.92 Å². The molecule has 3 aromatic carbocycles. The lowest BCUT2D eigenvalue weighted by Crippen LogP contribution is -2.51. The number of anilines is 1. The Bertz CT molecular complexity index is 1460. The van der Waals surface area contributed by atoms with Crippen LogP contribution >= 0.6 is 34.8 Å². The number of sulfonamides is 1. The van der Waals surface area contributed by atoms with Crippen LogP contribution in [0.4, 0.5) is 5.69 Å². The van der Waals surface area contributed by atoms with Crippen molar-refractivity contribution in [2.24, 2.45) is 0 Å². The number of carbonyl (C=O) groups is 2. The van der Waals surface area contributed by atoms with Gasteiger partial charge in [0, 0.05) is 28.2 Å². The quantitative estimate of drug-likeness (QED) is 0.305. The van der Waals surface area contributed by atoms with Crippen LogP contribution in [0.3, 0.4) is 0 Å². The minimum absolute atomic E-state index is 0.0154. The van der Waals surface area contributed by atoms with Crippen LogP contribution in [0.25, 0.3) is 0 Å². The summed E-state index contributed by atoms with van der Waals surface area (Å²) in [4.78, 5) is 28.0. The Balaban J connectivity index is 2.07. The predicted octanol–water partition coefficient (Wildman–Crippen LogP) is 6.01. The number of hydrogen-bond acceptors (Lipinski definition) is 4. The summed E-state index contributed by atoms with van der Waals surface area (Å²) < 4.78 is 28.7. The van der Waals surface area contributed by atoms with Gasteiger partial charge in [-0.2, -0.15) is 0 Å². The van der Waals surface area contributed by atoms with Crippen molar-refractivity contribution < 1.29 is 18.0 Å². The zero-order valence-corrected chi connectivity index (χ0v) is 25.1. The summed E-state index contributed by atoms with van der Waals surface area (Å²) >= 11 is 18.8. The summed E-state index contributed by atoms with van der Waals surface area (Å²) in [7, 11) is -4.19. The highest BCUT2D eigenvalue weighted by Gasteiger charge is 2.33. The molecule has 0 unspecified atom stereocenters. The number of carbonyl (C=O) groups excluding carboxylic acids is 2. The SMILES string of the molecule is CCNC(=O)[C@H](C)N(Cc1ccc(Cl)cc1Cl)C(=O)CN(c1ccc(C)c(Cl)c1)S(=O)(=O)c1ccc(C)cc1. The van der Waals surface area contributed by atoms with Crippen molar-refractivity contribution in [3.05, 3.63) is 92.4 Å². The van der Waals surface area contributed by atoms with Crippen molar-refractivity contribution in [3.8, 4) is 0 Å². The fraction of sp³-hybridized carbons (Fsp3) is 0.286. The van der Waals surface area contributed by atoms with Crippen LogP contribution < -0.4 is 9.62 Å². The van der Waals surface area contributed by atoms with E-state index in [0.717, 1.165) is 15.4 Å². The van der Waals surface area contributed by atoms with Gasteiger partial charge in [-0.25, -0.2) is 8.42 Å². The molecule has 0 heterocycles. The first-order valence-corrected chi connectivity index (χ1v) is 14.8. The number of halogens is 3. The van der Waals surface area contributed by atoms with Gasteiger partial charge in [0.05, 0.1) is 10.6 Å². The van der Waals surface area contributed by atoms with Gasteiger partial charge in [-0.3, -0.25) is 13.9 Å². The topological polar surface area (TPSA) is 86.8 Å². The highest BCUT2D eigenvalue weighted by atomic mass is 35.5. The van der Waals surface area contributed by atoms with Gasteiger partial charge in [-0.1, -0.05) is 64.6 Å². The molecule has 0 aliphatic heterocycles. The lowest BCUT2D eigenvalue weighted by Gasteiger charge is -2.32. The number of likely N-dealkylation sites (N-methyl/N-ethyl adjacent to an activating group) is 1. The molecule has 0 aliphatic carbocycles. The smallest absolute Gasteiger partial charge is 0.264 e. The van der Waals surface area contributed by atoms with E-state index in [1.54, 1.807) is 63.2 Å². The molecule has 2 amide bonds. The Morgan fingerprint density at radius 3 is 2.18 bits per heavy atom. The number of amides is 2. The van der Waals surface area contributed by atoms with Crippen LogP contribution in [0, 0.1) is 13.8 Å². The van der Waals surface area contributed by atoms with Gasteiger partial charge in [0.25, 0.3) is 10.0 Å². The molecule has 3 rings (SSSR count). The first-order chi connectivity index (χ1) is 18.3. The summed E-state index contributed by atoms with van der Waals surface area (Å²) in [6.45, 7) is 6.73. The minimum Gasteiger partial charge on any atom is -0.355 e. The molecular weight excluding hydrogens is 581 g/mol. The second kappa shape index (κ2) is 13.0. The van der Waals surface area contributed by atoms with Crippen molar-refractivity contribution in [1.82, 2.24) is 10.2 Å². The van der Waals surface area contributed by atoms with Gasteiger partial charge in [0.15, 0.2) is 0 Å². The van der Waals surface area contributed by atoms with E-state index >= 15 is 0 Å². The Morgan fingerprint density at radius 1 is 0.923 bits per heavy atom. The average Bonchev–Trinajstić information content (AvgIpc) is 2.88. The van der Waals surface area contributed by atoms with Crippen LogP contribution in [-0.4, -0.2) is 44.3 Å². The molecule has 0 aromatic heterocycles. The van der Waals surface area contributed by atoms with Gasteiger partial charge in [0.2, 0.25) is 11.8 Å². The molecule has 3 aromatic rings. The van der Waals surface area contributed by atoms with Gasteiger partial charge < -0.3 is 10.2 Å².